The summed E-state index contributed by atoms with van der Waals surface area (Å²) >= 11 is 0. The molecular formula is C5H13N3O. The van der Waals surface area contributed by atoms with Gasteiger partial charge >= 0.3 is 0 Å². The zero-order valence-corrected chi connectivity index (χ0v) is 6.00. The lowest BCUT2D eigenvalue weighted by molar-refractivity contribution is 0.0115. The molecule has 0 unspecified atom stereocenters. The van der Waals surface area contributed by atoms with Crippen LogP contribution in [0, 0.1) is 0 Å². The molecule has 0 saturated heterocycles. The monoisotopic (exact) mass is 131 g/mol. The molecule has 0 aliphatic heterocycles. The highest BCUT2D eigenvalue weighted by atomic mass is 16.5. The van der Waals surface area contributed by atoms with Gasteiger partial charge in [-0.15, -0.1) is 0 Å². The molecule has 0 aromatic heterocycles. The van der Waals surface area contributed by atoms with Crippen LogP contribution in [-0.2, 0) is 0 Å². The SMILES string of the molecule is CC(C)/N=C(\N)N(C)O. The van der Waals surface area contributed by atoms with Crippen LogP contribution in [0.3, 0.4) is 0 Å². The normalized spacial score (nSPS) is 12.3. The Morgan fingerprint density at radius 1 is 1.67 bits per heavy atom. The lowest BCUT2D eigenvalue weighted by atomic mass is 10.4. The van der Waals surface area contributed by atoms with Crippen LogP contribution < -0.4 is 5.73 Å². The van der Waals surface area contributed by atoms with Crippen LogP contribution in [0.25, 0.3) is 0 Å². The van der Waals surface area contributed by atoms with E-state index in [1.165, 1.54) is 7.05 Å². The molecule has 0 heterocycles. The molecule has 0 atom stereocenters. The van der Waals surface area contributed by atoms with Gasteiger partial charge in [0, 0.05) is 13.1 Å². The van der Waals surface area contributed by atoms with Crippen LogP contribution in [0.4, 0.5) is 0 Å². The average molecular weight is 131 g/mol. The van der Waals surface area contributed by atoms with Crippen LogP contribution in [-0.4, -0.2) is 29.3 Å². The second-order valence-electron chi connectivity index (χ2n) is 2.10. The van der Waals surface area contributed by atoms with E-state index in [-0.39, 0.29) is 12.0 Å². The fourth-order valence-electron chi connectivity index (χ4n) is 0.348. The van der Waals surface area contributed by atoms with E-state index in [4.69, 9.17) is 10.9 Å². The van der Waals surface area contributed by atoms with Crippen molar-refractivity contribution >= 4 is 5.96 Å². The number of nitrogens with two attached hydrogens (primary N) is 1. The molecule has 0 bridgehead atoms. The van der Waals surface area contributed by atoms with Gasteiger partial charge in [0.2, 0.25) is 5.96 Å². The molecule has 4 nitrogen and oxygen atoms in total. The van der Waals surface area contributed by atoms with Crippen molar-refractivity contribution in [3.8, 4) is 0 Å². The van der Waals surface area contributed by atoms with Crippen molar-refractivity contribution in [2.75, 3.05) is 7.05 Å². The van der Waals surface area contributed by atoms with Crippen LogP contribution >= 0.6 is 0 Å². The maximum Gasteiger partial charge on any atom is 0.215 e. The van der Waals surface area contributed by atoms with Crippen LogP contribution in [0.1, 0.15) is 13.8 Å². The van der Waals surface area contributed by atoms with E-state index in [9.17, 15) is 0 Å². The highest BCUT2D eigenvalue weighted by Gasteiger charge is 1.95. The summed E-state index contributed by atoms with van der Waals surface area (Å²) in [5.74, 6) is 0.144. The second-order valence-corrected chi connectivity index (χ2v) is 2.10. The van der Waals surface area contributed by atoms with Gasteiger partial charge in [0.1, 0.15) is 0 Å². The Morgan fingerprint density at radius 2 is 2.11 bits per heavy atom. The first kappa shape index (κ1) is 8.23. The number of hydrogen-bond acceptors (Lipinski definition) is 2. The Morgan fingerprint density at radius 3 is 2.22 bits per heavy atom. The maximum atomic E-state index is 8.65. The van der Waals surface area contributed by atoms with Crippen molar-refractivity contribution in [3.63, 3.8) is 0 Å². The third-order valence-electron chi connectivity index (χ3n) is 0.722. The van der Waals surface area contributed by atoms with Crippen molar-refractivity contribution in [1.29, 1.82) is 0 Å². The van der Waals surface area contributed by atoms with E-state index in [0.717, 1.165) is 5.06 Å². The molecule has 0 aromatic carbocycles. The molecule has 0 aliphatic carbocycles. The average Bonchev–Trinajstić information content (AvgIpc) is 1.63. The van der Waals surface area contributed by atoms with Crippen molar-refractivity contribution in [2.45, 2.75) is 19.9 Å². The predicted octanol–water partition coefficient (Wildman–Crippen LogP) is 0.0305. The zero-order valence-electron chi connectivity index (χ0n) is 6.00. The van der Waals surface area contributed by atoms with Crippen molar-refractivity contribution in [1.82, 2.24) is 5.06 Å². The molecule has 0 amide bonds. The Labute approximate surface area is 54.9 Å². The van der Waals surface area contributed by atoms with E-state index in [1.54, 1.807) is 0 Å². The van der Waals surface area contributed by atoms with Crippen LogP contribution in [0.5, 0.6) is 0 Å². The summed E-state index contributed by atoms with van der Waals surface area (Å²) in [6.45, 7) is 3.77. The molecule has 4 heteroatoms. The van der Waals surface area contributed by atoms with E-state index in [2.05, 4.69) is 4.99 Å². The van der Waals surface area contributed by atoms with Gasteiger partial charge in [-0.2, -0.15) is 0 Å². The number of guanidine groups is 1. The number of hydrogen-bond donors (Lipinski definition) is 2. The van der Waals surface area contributed by atoms with Gasteiger partial charge in [-0.05, 0) is 13.8 Å². The highest BCUT2D eigenvalue weighted by Crippen LogP contribution is 1.85. The first-order valence-corrected chi connectivity index (χ1v) is 2.80. The fourth-order valence-corrected chi connectivity index (χ4v) is 0.348. The molecule has 0 fully saturated rings. The first-order chi connectivity index (χ1) is 4.04. The Hall–Kier alpha value is -0.770. The summed E-state index contributed by atoms with van der Waals surface area (Å²) in [5, 5.41) is 9.44. The molecule has 0 aliphatic rings. The summed E-state index contributed by atoms with van der Waals surface area (Å²) in [7, 11) is 1.43. The number of hydroxylamine groups is 2. The van der Waals surface area contributed by atoms with Crippen molar-refractivity contribution in [2.24, 2.45) is 10.7 Å². The molecule has 0 rings (SSSR count). The second kappa shape index (κ2) is 3.29. The van der Waals surface area contributed by atoms with Crippen LogP contribution in [0.15, 0.2) is 4.99 Å². The topological polar surface area (TPSA) is 61.8 Å². The van der Waals surface area contributed by atoms with Crippen LogP contribution in [0.2, 0.25) is 0 Å². The molecule has 0 spiro atoms. The number of nitrogens with zero attached hydrogens (tertiary/aromatic N) is 2. The molecular weight excluding hydrogens is 118 g/mol. The third-order valence-corrected chi connectivity index (χ3v) is 0.722. The van der Waals surface area contributed by atoms with E-state index in [0.29, 0.717) is 0 Å². The van der Waals surface area contributed by atoms with E-state index < -0.39 is 0 Å². The van der Waals surface area contributed by atoms with Gasteiger partial charge in [0.05, 0.1) is 0 Å². The molecule has 0 saturated carbocycles. The van der Waals surface area contributed by atoms with Gasteiger partial charge in [-0.3, -0.25) is 5.21 Å². The molecule has 3 N–H and O–H groups in total. The van der Waals surface area contributed by atoms with Gasteiger partial charge < -0.3 is 5.73 Å². The highest BCUT2D eigenvalue weighted by molar-refractivity contribution is 5.76. The minimum absolute atomic E-state index is 0.125. The summed E-state index contributed by atoms with van der Waals surface area (Å²) in [6, 6.07) is 0.125. The summed E-state index contributed by atoms with van der Waals surface area (Å²) in [4.78, 5) is 3.85. The fraction of sp³-hybridized carbons (Fsp3) is 0.800. The molecule has 0 radical (unpaired) electrons. The van der Waals surface area contributed by atoms with E-state index in [1.807, 2.05) is 13.8 Å². The van der Waals surface area contributed by atoms with Gasteiger partial charge in [-0.1, -0.05) is 0 Å². The zero-order chi connectivity index (χ0) is 7.44. The van der Waals surface area contributed by atoms with Gasteiger partial charge in [0.25, 0.3) is 0 Å². The van der Waals surface area contributed by atoms with Gasteiger partial charge in [-0.25, -0.2) is 10.1 Å². The van der Waals surface area contributed by atoms with E-state index >= 15 is 0 Å². The minimum Gasteiger partial charge on any atom is -0.368 e. The minimum atomic E-state index is 0.125. The Balaban J connectivity index is 3.84. The maximum absolute atomic E-state index is 8.65. The third kappa shape index (κ3) is 3.78. The summed E-state index contributed by atoms with van der Waals surface area (Å²) in [5.41, 5.74) is 5.24. The number of rotatable bonds is 1. The smallest absolute Gasteiger partial charge is 0.215 e. The lowest BCUT2D eigenvalue weighted by Crippen LogP contribution is -2.31. The van der Waals surface area contributed by atoms with Crippen molar-refractivity contribution in [3.05, 3.63) is 0 Å². The summed E-state index contributed by atoms with van der Waals surface area (Å²) < 4.78 is 0. The predicted molar refractivity (Wildman–Crippen MR) is 36.3 cm³/mol. The Bertz CT molecular complexity index is 109. The standard InChI is InChI=1S/C5H13N3O/c1-4(2)7-5(6)8(3)9/h4,9H,1-3H3,(H2,6,7). The Kier molecular flexibility index (Phi) is 3.01. The lowest BCUT2D eigenvalue weighted by Gasteiger charge is -2.08. The largest absolute Gasteiger partial charge is 0.368 e. The molecule has 54 valence electrons. The molecule has 9 heavy (non-hydrogen) atoms. The quantitative estimate of drug-likeness (QED) is 0.300. The molecule has 0 aromatic rings. The summed E-state index contributed by atoms with van der Waals surface area (Å²) in [6.07, 6.45) is 0. The van der Waals surface area contributed by atoms with Gasteiger partial charge in [0.15, 0.2) is 0 Å². The first-order valence-electron chi connectivity index (χ1n) is 2.80. The number of aliphatic imine (C=N–C) groups is 1. The van der Waals surface area contributed by atoms with Crippen molar-refractivity contribution < 1.29 is 5.21 Å².